The van der Waals surface area contributed by atoms with Gasteiger partial charge >= 0.3 is 5.97 Å². The van der Waals surface area contributed by atoms with Crippen LogP contribution in [0.2, 0.25) is 0 Å². The van der Waals surface area contributed by atoms with E-state index < -0.39 is 12.1 Å². The molecule has 1 rings (SSSR count). The molecule has 0 saturated carbocycles. The summed E-state index contributed by atoms with van der Waals surface area (Å²) in [4.78, 5) is 11.1. The molecule has 16 heavy (non-hydrogen) atoms. The third-order valence-corrected chi connectivity index (χ3v) is 2.29. The van der Waals surface area contributed by atoms with Crippen LogP contribution in [0.4, 0.5) is 0 Å². The van der Waals surface area contributed by atoms with E-state index in [0.717, 1.165) is 11.1 Å². The first-order valence-corrected chi connectivity index (χ1v) is 5.56. The number of ether oxygens (including phenoxy) is 1. The topological polar surface area (TPSA) is 46.5 Å². The van der Waals surface area contributed by atoms with Gasteiger partial charge in [0.1, 0.15) is 0 Å². The number of aryl methyl sites for hydroxylation is 2. The highest BCUT2D eigenvalue weighted by atomic mass is 35.5. The van der Waals surface area contributed by atoms with Crippen molar-refractivity contribution < 1.29 is 14.6 Å². The molecule has 1 atom stereocenters. The number of hydrogen-bond acceptors (Lipinski definition) is 2. The first kappa shape index (κ1) is 13.0. The molecule has 0 aliphatic heterocycles. The molecule has 1 aromatic rings. The van der Waals surface area contributed by atoms with Gasteiger partial charge < -0.3 is 9.84 Å². The van der Waals surface area contributed by atoms with Crippen LogP contribution < -0.4 is 0 Å². The minimum absolute atomic E-state index is 0.228. The number of halogens is 1. The van der Waals surface area contributed by atoms with Crippen molar-refractivity contribution >= 4 is 17.6 Å². The lowest BCUT2D eigenvalue weighted by atomic mass is 10.0. The molecule has 0 fully saturated rings. The predicted molar refractivity (Wildman–Crippen MR) is 63.0 cm³/mol. The van der Waals surface area contributed by atoms with Gasteiger partial charge in [0.15, 0.2) is 6.10 Å². The molecule has 0 aliphatic carbocycles. The standard InChI is InChI=1S/C12H15ClO3/c1-8-5-9(2)7-10(6-8)11(12(14)15)16-4-3-13/h5-7,11H,3-4H2,1-2H3,(H,14,15). The first-order chi connectivity index (χ1) is 7.54. The van der Waals surface area contributed by atoms with Crippen molar-refractivity contribution in [3.63, 3.8) is 0 Å². The monoisotopic (exact) mass is 242 g/mol. The molecule has 3 nitrogen and oxygen atoms in total. The van der Waals surface area contributed by atoms with Gasteiger partial charge in [-0.15, -0.1) is 11.6 Å². The van der Waals surface area contributed by atoms with E-state index in [0.29, 0.717) is 5.56 Å². The molecule has 0 heterocycles. The normalized spacial score (nSPS) is 12.4. The lowest BCUT2D eigenvalue weighted by Crippen LogP contribution is -2.16. The zero-order valence-electron chi connectivity index (χ0n) is 9.37. The van der Waals surface area contributed by atoms with Gasteiger partial charge in [-0.2, -0.15) is 0 Å². The smallest absolute Gasteiger partial charge is 0.337 e. The van der Waals surface area contributed by atoms with E-state index in [1.54, 1.807) is 0 Å². The number of benzene rings is 1. The molecule has 0 amide bonds. The minimum Gasteiger partial charge on any atom is -0.479 e. The number of carboxylic acid groups (broad SMARTS) is 1. The summed E-state index contributed by atoms with van der Waals surface area (Å²) in [5, 5.41) is 9.07. The zero-order chi connectivity index (χ0) is 12.1. The van der Waals surface area contributed by atoms with Crippen LogP contribution >= 0.6 is 11.6 Å². The van der Waals surface area contributed by atoms with Crippen molar-refractivity contribution in [3.05, 3.63) is 34.9 Å². The molecule has 4 heteroatoms. The average molecular weight is 243 g/mol. The fourth-order valence-electron chi connectivity index (χ4n) is 1.63. The van der Waals surface area contributed by atoms with Gasteiger partial charge in [0.25, 0.3) is 0 Å². The molecular weight excluding hydrogens is 228 g/mol. The Morgan fingerprint density at radius 1 is 1.38 bits per heavy atom. The highest BCUT2D eigenvalue weighted by Gasteiger charge is 2.20. The van der Waals surface area contributed by atoms with Gasteiger partial charge in [-0.25, -0.2) is 4.79 Å². The van der Waals surface area contributed by atoms with E-state index in [4.69, 9.17) is 21.4 Å². The summed E-state index contributed by atoms with van der Waals surface area (Å²) in [6.45, 7) is 4.08. The molecule has 1 N–H and O–H groups in total. The van der Waals surface area contributed by atoms with Gasteiger partial charge in [-0.3, -0.25) is 0 Å². The summed E-state index contributed by atoms with van der Waals surface area (Å²) in [6, 6.07) is 5.63. The van der Waals surface area contributed by atoms with Gasteiger partial charge in [-0.05, 0) is 19.4 Å². The van der Waals surface area contributed by atoms with Gasteiger partial charge in [0, 0.05) is 5.88 Å². The summed E-state index contributed by atoms with van der Waals surface area (Å²) < 4.78 is 5.22. The molecule has 1 unspecified atom stereocenters. The number of rotatable bonds is 5. The van der Waals surface area contributed by atoms with Crippen LogP contribution in [0.5, 0.6) is 0 Å². The van der Waals surface area contributed by atoms with E-state index in [1.165, 1.54) is 0 Å². The summed E-state index contributed by atoms with van der Waals surface area (Å²) in [5.41, 5.74) is 2.71. The van der Waals surface area contributed by atoms with Crippen molar-refractivity contribution in [2.45, 2.75) is 20.0 Å². The van der Waals surface area contributed by atoms with Crippen LogP contribution in [0.25, 0.3) is 0 Å². The Hall–Kier alpha value is -1.06. The quantitative estimate of drug-likeness (QED) is 0.808. The van der Waals surface area contributed by atoms with E-state index in [9.17, 15) is 4.79 Å². The Balaban J connectivity index is 2.96. The Morgan fingerprint density at radius 3 is 2.38 bits per heavy atom. The van der Waals surface area contributed by atoms with Crippen molar-refractivity contribution in [2.75, 3.05) is 12.5 Å². The molecule has 1 aromatic carbocycles. The van der Waals surface area contributed by atoms with Crippen molar-refractivity contribution in [2.24, 2.45) is 0 Å². The first-order valence-electron chi connectivity index (χ1n) is 5.03. The fraction of sp³-hybridized carbons (Fsp3) is 0.417. The minimum atomic E-state index is -0.991. The fourth-order valence-corrected chi connectivity index (χ4v) is 1.72. The molecule has 0 bridgehead atoms. The number of alkyl halides is 1. The average Bonchev–Trinajstić information content (AvgIpc) is 2.16. The van der Waals surface area contributed by atoms with E-state index in [2.05, 4.69) is 0 Å². The molecule has 0 spiro atoms. The van der Waals surface area contributed by atoms with Crippen LogP contribution in [0.1, 0.15) is 22.8 Å². The third-order valence-electron chi connectivity index (χ3n) is 2.13. The molecule has 88 valence electrons. The number of aliphatic carboxylic acids is 1. The second-order valence-corrected chi connectivity index (χ2v) is 4.08. The third kappa shape index (κ3) is 3.51. The highest BCUT2D eigenvalue weighted by molar-refractivity contribution is 6.17. The summed E-state index contributed by atoms with van der Waals surface area (Å²) >= 11 is 5.48. The second-order valence-electron chi connectivity index (χ2n) is 3.70. The molecular formula is C12H15ClO3. The summed E-state index contributed by atoms with van der Waals surface area (Å²) in [6.07, 6.45) is -0.933. The Labute approximate surface area is 100.0 Å². The number of carboxylic acids is 1. The largest absolute Gasteiger partial charge is 0.479 e. The SMILES string of the molecule is Cc1cc(C)cc(C(OCCCl)C(=O)O)c1. The lowest BCUT2D eigenvalue weighted by Gasteiger charge is -2.14. The molecule has 0 saturated heterocycles. The Morgan fingerprint density at radius 2 is 1.94 bits per heavy atom. The van der Waals surface area contributed by atoms with Crippen LogP contribution in [-0.2, 0) is 9.53 Å². The van der Waals surface area contributed by atoms with Gasteiger partial charge in [0.05, 0.1) is 6.61 Å². The molecule has 0 radical (unpaired) electrons. The van der Waals surface area contributed by atoms with Crippen molar-refractivity contribution in [1.82, 2.24) is 0 Å². The molecule has 0 aliphatic rings. The predicted octanol–water partition coefficient (Wildman–Crippen LogP) is 2.68. The second kappa shape index (κ2) is 5.87. The van der Waals surface area contributed by atoms with E-state index >= 15 is 0 Å². The van der Waals surface area contributed by atoms with Crippen LogP contribution in [0.15, 0.2) is 18.2 Å². The Kier molecular flexibility index (Phi) is 4.77. The van der Waals surface area contributed by atoms with Crippen LogP contribution in [0.3, 0.4) is 0 Å². The van der Waals surface area contributed by atoms with Crippen LogP contribution in [0, 0.1) is 13.8 Å². The van der Waals surface area contributed by atoms with Gasteiger partial charge in [0.2, 0.25) is 0 Å². The maximum atomic E-state index is 11.1. The summed E-state index contributed by atoms with van der Waals surface area (Å²) in [5.74, 6) is -0.704. The maximum absolute atomic E-state index is 11.1. The van der Waals surface area contributed by atoms with E-state index in [-0.39, 0.29) is 12.5 Å². The maximum Gasteiger partial charge on any atom is 0.337 e. The lowest BCUT2D eigenvalue weighted by molar-refractivity contribution is -0.150. The number of carbonyl (C=O) groups is 1. The number of hydrogen-bond donors (Lipinski definition) is 1. The molecule has 0 aromatic heterocycles. The Bertz CT molecular complexity index is 356. The van der Waals surface area contributed by atoms with E-state index in [1.807, 2.05) is 32.0 Å². The zero-order valence-corrected chi connectivity index (χ0v) is 10.1. The van der Waals surface area contributed by atoms with Crippen molar-refractivity contribution in [1.29, 1.82) is 0 Å². The van der Waals surface area contributed by atoms with Gasteiger partial charge in [-0.1, -0.05) is 29.3 Å². The summed E-state index contributed by atoms with van der Waals surface area (Å²) in [7, 11) is 0. The van der Waals surface area contributed by atoms with Crippen molar-refractivity contribution in [3.8, 4) is 0 Å². The highest BCUT2D eigenvalue weighted by Crippen LogP contribution is 2.20. The van der Waals surface area contributed by atoms with Crippen LogP contribution in [-0.4, -0.2) is 23.6 Å².